The van der Waals surface area contributed by atoms with Crippen LogP contribution in [0.5, 0.6) is 0 Å². The Kier molecular flexibility index (Phi) is 4.60. The highest BCUT2D eigenvalue weighted by Crippen LogP contribution is 2.44. The van der Waals surface area contributed by atoms with Gasteiger partial charge in [0.1, 0.15) is 0 Å². The van der Waals surface area contributed by atoms with Gasteiger partial charge in [-0.25, -0.2) is 0 Å². The van der Waals surface area contributed by atoms with Gasteiger partial charge >= 0.3 is 0 Å². The Morgan fingerprint density at radius 1 is 0.600 bits per heavy atom. The predicted octanol–water partition coefficient (Wildman–Crippen LogP) is 8.82. The number of fused-ring (bicyclic) bond motifs is 3. The molecular formula is C28H25NS. The molecule has 0 radical (unpaired) electrons. The van der Waals surface area contributed by atoms with Gasteiger partial charge in [0.25, 0.3) is 0 Å². The third kappa shape index (κ3) is 3.28. The van der Waals surface area contributed by atoms with Crippen LogP contribution in [-0.2, 0) is 5.41 Å². The Labute approximate surface area is 182 Å². The number of thiophene rings is 1. The molecule has 0 N–H and O–H groups in total. The lowest BCUT2D eigenvalue weighted by Crippen LogP contribution is -2.13. The summed E-state index contributed by atoms with van der Waals surface area (Å²) in [6.07, 6.45) is 0. The second kappa shape index (κ2) is 7.30. The average molecular weight is 408 g/mol. The minimum absolute atomic E-state index is 0.140. The molecule has 0 amide bonds. The van der Waals surface area contributed by atoms with Crippen LogP contribution in [0.3, 0.4) is 0 Å². The summed E-state index contributed by atoms with van der Waals surface area (Å²) in [4.78, 5) is 2.38. The van der Waals surface area contributed by atoms with E-state index in [1.165, 1.54) is 42.8 Å². The van der Waals surface area contributed by atoms with Gasteiger partial charge in [0.15, 0.2) is 0 Å². The Hall–Kier alpha value is -3.10. The molecule has 1 nitrogen and oxygen atoms in total. The van der Waals surface area contributed by atoms with Crippen LogP contribution in [0.15, 0.2) is 97.1 Å². The van der Waals surface area contributed by atoms with Crippen molar-refractivity contribution in [1.29, 1.82) is 0 Å². The topological polar surface area (TPSA) is 3.24 Å². The van der Waals surface area contributed by atoms with Crippen LogP contribution >= 0.6 is 11.3 Å². The van der Waals surface area contributed by atoms with Crippen LogP contribution in [0, 0.1) is 0 Å². The fourth-order valence-corrected chi connectivity index (χ4v) is 5.23. The van der Waals surface area contributed by atoms with Crippen LogP contribution in [0.1, 0.15) is 26.3 Å². The largest absolute Gasteiger partial charge is 0.309 e. The highest BCUT2D eigenvalue weighted by Gasteiger charge is 2.19. The lowest BCUT2D eigenvalue weighted by Gasteiger charge is -2.27. The van der Waals surface area contributed by atoms with E-state index >= 15 is 0 Å². The first-order chi connectivity index (χ1) is 14.5. The average Bonchev–Trinajstić information content (AvgIpc) is 3.14. The SMILES string of the molecule is CC(C)(C)c1ccc(N(c2ccccc2)c2cccc3c2sc2ccccc23)cc1. The molecule has 0 saturated carbocycles. The maximum Gasteiger partial charge on any atom is 0.0640 e. The van der Waals surface area contributed by atoms with Crippen molar-refractivity contribution in [1.82, 2.24) is 0 Å². The predicted molar refractivity (Wildman–Crippen MR) is 133 cm³/mol. The van der Waals surface area contributed by atoms with Gasteiger partial charge in [-0.1, -0.05) is 81.4 Å². The van der Waals surface area contributed by atoms with Crippen LogP contribution < -0.4 is 4.90 Å². The molecule has 1 aromatic heterocycles. The maximum absolute atomic E-state index is 2.38. The number of anilines is 3. The molecule has 30 heavy (non-hydrogen) atoms. The number of benzene rings is 4. The van der Waals surface area contributed by atoms with Gasteiger partial charge in [0.2, 0.25) is 0 Å². The summed E-state index contributed by atoms with van der Waals surface area (Å²) in [6.45, 7) is 6.78. The first-order valence-corrected chi connectivity index (χ1v) is 11.2. The van der Waals surface area contributed by atoms with Gasteiger partial charge in [-0.05, 0) is 47.4 Å². The summed E-state index contributed by atoms with van der Waals surface area (Å²) < 4.78 is 2.65. The van der Waals surface area contributed by atoms with Crippen molar-refractivity contribution < 1.29 is 0 Å². The van der Waals surface area contributed by atoms with E-state index in [1.54, 1.807) is 0 Å². The molecule has 0 saturated heterocycles. The van der Waals surface area contributed by atoms with E-state index < -0.39 is 0 Å². The Balaban J connectivity index is 1.74. The Bertz CT molecular complexity index is 1310. The van der Waals surface area contributed by atoms with Crippen molar-refractivity contribution in [3.8, 4) is 0 Å². The molecule has 0 bridgehead atoms. The zero-order valence-electron chi connectivity index (χ0n) is 17.6. The van der Waals surface area contributed by atoms with Crippen molar-refractivity contribution in [2.24, 2.45) is 0 Å². The number of nitrogens with zero attached hydrogens (tertiary/aromatic N) is 1. The molecule has 0 spiro atoms. The van der Waals surface area contributed by atoms with Crippen molar-refractivity contribution in [3.63, 3.8) is 0 Å². The highest BCUT2D eigenvalue weighted by molar-refractivity contribution is 7.26. The summed E-state index contributed by atoms with van der Waals surface area (Å²) >= 11 is 1.87. The molecule has 0 aliphatic heterocycles. The monoisotopic (exact) mass is 407 g/mol. The fourth-order valence-electron chi connectivity index (χ4n) is 4.02. The molecule has 1 heterocycles. The molecule has 0 atom stereocenters. The van der Waals surface area contributed by atoms with Crippen LogP contribution in [-0.4, -0.2) is 0 Å². The van der Waals surface area contributed by atoms with E-state index in [0.717, 1.165) is 0 Å². The maximum atomic E-state index is 2.38. The number of para-hydroxylation sites is 1. The lowest BCUT2D eigenvalue weighted by atomic mass is 9.87. The Morgan fingerprint density at radius 2 is 1.23 bits per heavy atom. The molecule has 0 fully saturated rings. The summed E-state index contributed by atoms with van der Waals surface area (Å²) in [7, 11) is 0. The van der Waals surface area contributed by atoms with Crippen LogP contribution in [0.4, 0.5) is 17.1 Å². The second-order valence-corrected chi connectivity index (χ2v) is 9.77. The van der Waals surface area contributed by atoms with Crippen LogP contribution in [0.2, 0.25) is 0 Å². The van der Waals surface area contributed by atoms with Gasteiger partial charge in [-0.2, -0.15) is 0 Å². The molecule has 2 heteroatoms. The zero-order chi connectivity index (χ0) is 20.7. The number of hydrogen-bond acceptors (Lipinski definition) is 2. The first kappa shape index (κ1) is 18.9. The standard InChI is InChI=1S/C28H25NS/c1-28(2,3)20-16-18-22(19-17-20)29(21-10-5-4-6-11-21)25-14-9-13-24-23-12-7-8-15-26(23)30-27(24)25/h4-19H,1-3H3. The van der Waals surface area contributed by atoms with Crippen molar-refractivity contribution in [2.75, 3.05) is 4.90 Å². The lowest BCUT2D eigenvalue weighted by molar-refractivity contribution is 0.590. The summed E-state index contributed by atoms with van der Waals surface area (Å²) in [6, 6.07) is 35.0. The van der Waals surface area contributed by atoms with E-state index in [2.05, 4.69) is 123 Å². The van der Waals surface area contributed by atoms with Crippen LogP contribution in [0.25, 0.3) is 20.2 Å². The molecule has 5 rings (SSSR count). The second-order valence-electron chi connectivity index (χ2n) is 8.72. The Morgan fingerprint density at radius 3 is 1.97 bits per heavy atom. The highest BCUT2D eigenvalue weighted by atomic mass is 32.1. The van der Waals surface area contributed by atoms with Gasteiger partial charge in [-0.15, -0.1) is 11.3 Å². The van der Waals surface area contributed by atoms with E-state index in [9.17, 15) is 0 Å². The molecular weight excluding hydrogens is 382 g/mol. The van der Waals surface area contributed by atoms with Gasteiger partial charge in [0, 0.05) is 26.8 Å². The van der Waals surface area contributed by atoms with E-state index in [4.69, 9.17) is 0 Å². The molecule has 0 unspecified atom stereocenters. The molecule has 0 aliphatic carbocycles. The van der Waals surface area contributed by atoms with Gasteiger partial charge in [-0.3, -0.25) is 0 Å². The molecule has 148 valence electrons. The van der Waals surface area contributed by atoms with Gasteiger partial charge < -0.3 is 4.90 Å². The van der Waals surface area contributed by atoms with Crippen molar-refractivity contribution in [3.05, 3.63) is 103 Å². The summed E-state index contributed by atoms with van der Waals surface area (Å²) in [5.74, 6) is 0. The van der Waals surface area contributed by atoms with Gasteiger partial charge in [0.05, 0.1) is 10.4 Å². The third-order valence-corrected chi connectivity index (χ3v) is 6.84. The summed E-state index contributed by atoms with van der Waals surface area (Å²) in [5.41, 5.74) is 5.06. The quantitative estimate of drug-likeness (QED) is 0.289. The third-order valence-electron chi connectivity index (χ3n) is 5.63. The fraction of sp³-hybridized carbons (Fsp3) is 0.143. The number of hydrogen-bond donors (Lipinski definition) is 0. The smallest absolute Gasteiger partial charge is 0.0640 e. The molecule has 5 aromatic rings. The van der Waals surface area contributed by atoms with E-state index in [1.807, 2.05) is 11.3 Å². The van der Waals surface area contributed by atoms with E-state index in [-0.39, 0.29) is 5.41 Å². The first-order valence-electron chi connectivity index (χ1n) is 10.4. The number of rotatable bonds is 3. The summed E-state index contributed by atoms with van der Waals surface area (Å²) in [5, 5.41) is 2.65. The minimum atomic E-state index is 0.140. The van der Waals surface area contributed by atoms with Crippen molar-refractivity contribution >= 4 is 48.6 Å². The minimum Gasteiger partial charge on any atom is -0.309 e. The zero-order valence-corrected chi connectivity index (χ0v) is 18.4. The normalized spacial score (nSPS) is 11.8. The van der Waals surface area contributed by atoms with E-state index in [0.29, 0.717) is 0 Å². The molecule has 0 aliphatic rings. The molecule has 4 aromatic carbocycles. The van der Waals surface area contributed by atoms with Crippen molar-refractivity contribution in [2.45, 2.75) is 26.2 Å².